The van der Waals surface area contributed by atoms with Crippen LogP contribution in [0.1, 0.15) is 0 Å². The minimum Gasteiger partial charge on any atom is -0.492 e. The second-order valence-corrected chi connectivity index (χ2v) is 10.5. The maximum atomic E-state index is 9.55. The predicted molar refractivity (Wildman–Crippen MR) is 181 cm³/mol. The van der Waals surface area contributed by atoms with Gasteiger partial charge in [-0.25, -0.2) is 28.8 Å². The summed E-state index contributed by atoms with van der Waals surface area (Å²) in [5, 5.41) is 37.2. The van der Waals surface area contributed by atoms with Gasteiger partial charge in [-0.2, -0.15) is 5.10 Å². The lowest BCUT2D eigenvalue weighted by atomic mass is 10.1. The number of rotatable bonds is 14. The summed E-state index contributed by atoms with van der Waals surface area (Å²) in [4.78, 5) is 47.0. The molecule has 2 aromatic carbocycles. The minimum absolute atomic E-state index is 0.558. The van der Waals surface area contributed by atoms with Crippen molar-refractivity contribution in [1.82, 2.24) is 24.6 Å². The van der Waals surface area contributed by atoms with Gasteiger partial charge < -0.3 is 39.7 Å². The highest BCUT2D eigenvalue weighted by Gasteiger charge is 2.15. The molecule has 0 aliphatic heterocycles. The second kappa shape index (κ2) is 20.2. The first kappa shape index (κ1) is 39.1. The van der Waals surface area contributed by atoms with Crippen molar-refractivity contribution in [2.45, 2.75) is 0 Å². The van der Waals surface area contributed by atoms with Crippen LogP contribution in [-0.4, -0.2) is 123 Å². The van der Waals surface area contributed by atoms with Gasteiger partial charge in [0.25, 0.3) is 0 Å². The smallest absolute Gasteiger partial charge is 0.328 e. The van der Waals surface area contributed by atoms with Crippen LogP contribution in [0.3, 0.4) is 0 Å². The summed E-state index contributed by atoms with van der Waals surface area (Å²) < 4.78 is 13.6. The summed E-state index contributed by atoms with van der Waals surface area (Å²) in [6, 6.07) is 20.0. The Kier molecular flexibility index (Phi) is 16.2. The van der Waals surface area contributed by atoms with Crippen LogP contribution < -0.4 is 9.47 Å². The molecule has 2 aromatic heterocycles. The molecule has 49 heavy (non-hydrogen) atoms. The molecule has 0 amide bonds. The monoisotopic (exact) mass is 677 g/mol. The van der Waals surface area contributed by atoms with Gasteiger partial charge in [0.1, 0.15) is 30.4 Å². The van der Waals surface area contributed by atoms with E-state index in [2.05, 4.69) is 20.9 Å². The molecule has 4 aromatic rings. The quantitative estimate of drug-likeness (QED) is 0.141. The Morgan fingerprint density at radius 3 is 1.69 bits per heavy atom. The number of hydrogen-bond acceptors (Lipinski definition) is 10. The van der Waals surface area contributed by atoms with Gasteiger partial charge in [0.2, 0.25) is 0 Å². The fourth-order valence-corrected chi connectivity index (χ4v) is 3.74. The normalized spacial score (nSPS) is 10.8. The van der Waals surface area contributed by atoms with Crippen molar-refractivity contribution in [3.8, 4) is 28.4 Å². The van der Waals surface area contributed by atoms with Crippen molar-refractivity contribution in [3.05, 3.63) is 91.2 Å². The maximum absolute atomic E-state index is 9.55. The number of aromatic nitrogens is 3. The van der Waals surface area contributed by atoms with Crippen LogP contribution >= 0.6 is 0 Å². The lowest BCUT2D eigenvalue weighted by Crippen LogP contribution is -2.19. The first-order valence-corrected chi connectivity index (χ1v) is 14.6. The first-order valence-electron chi connectivity index (χ1n) is 14.6. The number of likely N-dealkylation sites (N-methyl/N-ethyl adjacent to an activating group) is 2. The molecule has 15 nitrogen and oxygen atoms in total. The zero-order valence-electron chi connectivity index (χ0n) is 27.5. The molecule has 0 saturated heterocycles. The molecule has 0 radical (unpaired) electrons. The third-order valence-corrected chi connectivity index (χ3v) is 5.98. The lowest BCUT2D eigenvalue weighted by molar-refractivity contribution is -0.134. The van der Waals surface area contributed by atoms with Crippen LogP contribution in [-0.2, 0) is 19.2 Å². The van der Waals surface area contributed by atoms with E-state index in [0.29, 0.717) is 37.5 Å². The van der Waals surface area contributed by atoms with Gasteiger partial charge in [-0.05, 0) is 76.7 Å². The fraction of sp³-hybridized carbons (Fsp3) is 0.235. The zero-order chi connectivity index (χ0) is 36.3. The molecule has 2 heterocycles. The number of pyridine rings is 1. The molecular weight excluding hydrogens is 638 g/mol. The minimum atomic E-state index is -1.26. The fourth-order valence-electron chi connectivity index (χ4n) is 3.74. The molecule has 0 saturated carbocycles. The van der Waals surface area contributed by atoms with Crippen LogP contribution in [0.15, 0.2) is 91.2 Å². The molecule has 0 unspecified atom stereocenters. The molecule has 0 spiro atoms. The number of carbonyl (C=O) groups is 4. The summed E-state index contributed by atoms with van der Waals surface area (Å²) in [5.74, 6) is -3.36. The van der Waals surface area contributed by atoms with E-state index in [1.165, 1.54) is 0 Å². The Morgan fingerprint density at radius 2 is 1.20 bits per heavy atom. The van der Waals surface area contributed by atoms with Gasteiger partial charge in [-0.3, -0.25) is 0 Å². The van der Waals surface area contributed by atoms with Gasteiger partial charge >= 0.3 is 23.9 Å². The van der Waals surface area contributed by atoms with E-state index in [1.54, 1.807) is 6.20 Å². The third kappa shape index (κ3) is 14.9. The number of carboxylic acid groups (broad SMARTS) is 4. The average Bonchev–Trinajstić information content (AvgIpc) is 3.43. The van der Waals surface area contributed by atoms with Crippen molar-refractivity contribution in [2.24, 2.45) is 0 Å². The Morgan fingerprint density at radius 1 is 0.694 bits per heavy atom. The van der Waals surface area contributed by atoms with E-state index < -0.39 is 23.9 Å². The molecule has 0 aliphatic carbocycles. The number of aliphatic carboxylic acids is 4. The Labute approximate surface area is 282 Å². The summed E-state index contributed by atoms with van der Waals surface area (Å²) in [6.07, 6.45) is 4.03. The molecule has 0 aliphatic rings. The molecule has 0 atom stereocenters. The highest BCUT2D eigenvalue weighted by molar-refractivity contribution is 5.92. The van der Waals surface area contributed by atoms with Gasteiger partial charge in [0, 0.05) is 60.6 Å². The SMILES string of the molecule is CN(C)CCOc1ccc(-c2nn(-c3cccc(OCCN(C)C)c3)c3ncccc23)cc1.O=C(O)C=CC(=O)O.O=C(O)C=CC(=O)O. The standard InChI is InChI=1S/C26H31N5O2.2C4H4O4/c1-29(2)15-17-32-22-12-10-20(11-13-22)25-24-9-6-14-27-26(24)31(28-25)21-7-5-8-23(19-21)33-18-16-30(3)4;2*5-3(6)1-2-4(7)8/h5-14,19H,15-18H2,1-4H3;2*1-2H,(H,5,6)(H,7,8). The third-order valence-electron chi connectivity index (χ3n) is 5.98. The molecule has 4 rings (SSSR count). The number of hydrogen-bond donors (Lipinski definition) is 4. The van der Waals surface area contributed by atoms with Crippen molar-refractivity contribution >= 4 is 34.9 Å². The Balaban J connectivity index is 0.000000432. The molecule has 260 valence electrons. The summed E-state index contributed by atoms with van der Waals surface area (Å²) >= 11 is 0. The maximum Gasteiger partial charge on any atom is 0.328 e. The van der Waals surface area contributed by atoms with Crippen LogP contribution in [0, 0.1) is 0 Å². The molecule has 15 heteroatoms. The van der Waals surface area contributed by atoms with Crippen LogP contribution in [0.2, 0.25) is 0 Å². The van der Waals surface area contributed by atoms with Crippen LogP contribution in [0.5, 0.6) is 11.5 Å². The van der Waals surface area contributed by atoms with E-state index in [-0.39, 0.29) is 0 Å². The van der Waals surface area contributed by atoms with E-state index >= 15 is 0 Å². The Bertz CT molecular complexity index is 1680. The summed E-state index contributed by atoms with van der Waals surface area (Å²) in [6.45, 7) is 3.01. The number of carboxylic acids is 4. The summed E-state index contributed by atoms with van der Waals surface area (Å²) in [5.41, 5.74) is 3.63. The summed E-state index contributed by atoms with van der Waals surface area (Å²) in [7, 11) is 8.14. The number of benzene rings is 2. The van der Waals surface area contributed by atoms with Crippen molar-refractivity contribution in [3.63, 3.8) is 0 Å². The molecular formula is C34H39N5O10. The van der Waals surface area contributed by atoms with E-state index in [0.717, 1.165) is 52.6 Å². The number of ether oxygens (including phenoxy) is 2. The van der Waals surface area contributed by atoms with E-state index in [9.17, 15) is 19.2 Å². The van der Waals surface area contributed by atoms with E-state index in [1.807, 2.05) is 87.5 Å². The average molecular weight is 678 g/mol. The number of fused-ring (bicyclic) bond motifs is 1. The predicted octanol–water partition coefficient (Wildman–Crippen LogP) is 3.39. The van der Waals surface area contributed by atoms with Gasteiger partial charge in [0.15, 0.2) is 5.65 Å². The highest BCUT2D eigenvalue weighted by atomic mass is 16.5. The molecule has 4 N–H and O–H groups in total. The van der Waals surface area contributed by atoms with Gasteiger partial charge in [0.05, 0.1) is 5.69 Å². The van der Waals surface area contributed by atoms with Crippen molar-refractivity contribution in [1.29, 1.82) is 0 Å². The highest BCUT2D eigenvalue weighted by Crippen LogP contribution is 2.30. The molecule has 0 bridgehead atoms. The second-order valence-electron chi connectivity index (χ2n) is 10.5. The topological polar surface area (TPSA) is 205 Å². The lowest BCUT2D eigenvalue weighted by Gasteiger charge is -2.12. The zero-order valence-corrected chi connectivity index (χ0v) is 27.5. The number of nitrogens with zero attached hydrogens (tertiary/aromatic N) is 5. The van der Waals surface area contributed by atoms with E-state index in [4.69, 9.17) is 35.0 Å². The van der Waals surface area contributed by atoms with Crippen molar-refractivity contribution < 1.29 is 49.1 Å². The largest absolute Gasteiger partial charge is 0.492 e. The van der Waals surface area contributed by atoms with Crippen molar-refractivity contribution in [2.75, 3.05) is 54.5 Å². The van der Waals surface area contributed by atoms with Crippen LogP contribution in [0.25, 0.3) is 28.0 Å². The van der Waals surface area contributed by atoms with Crippen LogP contribution in [0.4, 0.5) is 0 Å². The van der Waals surface area contributed by atoms with Gasteiger partial charge in [-0.1, -0.05) is 6.07 Å². The van der Waals surface area contributed by atoms with Gasteiger partial charge in [-0.15, -0.1) is 0 Å². The first-order chi connectivity index (χ1) is 23.3. The Hall–Kier alpha value is -6.06. The molecule has 0 fully saturated rings.